The van der Waals surface area contributed by atoms with Crippen molar-refractivity contribution >= 4 is 29.0 Å². The number of hydrogen-bond donors (Lipinski definition) is 1. The van der Waals surface area contributed by atoms with Gasteiger partial charge in [0.1, 0.15) is 19.2 Å². The number of carbonyl (C=O) groups excluding carboxylic acids is 1. The van der Waals surface area contributed by atoms with Gasteiger partial charge in [-0.1, -0.05) is 23.2 Å². The first-order chi connectivity index (χ1) is 9.40. The predicted octanol–water partition coefficient (Wildman–Crippen LogP) is 2.12. The molecule has 0 radical (unpaired) electrons. The maximum absolute atomic E-state index is 11.8. The Morgan fingerprint density at radius 3 is 2.60 bits per heavy atom. The SMILES string of the molecule is O=C(Cn1cncn1)c1ccc(Cl)cc1Cl.O=[N+]([O-])O. The molecular weight excluding hydrogens is 311 g/mol. The number of Topliss-reactive ketones (excluding diaryl/α,β-unsaturated/α-hetero) is 1. The molecule has 1 N–H and O–H groups in total. The molecule has 8 nitrogen and oxygen atoms in total. The highest BCUT2D eigenvalue weighted by Gasteiger charge is 2.11. The van der Waals surface area contributed by atoms with Crippen LogP contribution in [0.15, 0.2) is 30.9 Å². The van der Waals surface area contributed by atoms with Gasteiger partial charge in [0.2, 0.25) is 0 Å². The lowest BCUT2D eigenvalue weighted by atomic mass is 10.1. The third-order valence-electron chi connectivity index (χ3n) is 2.00. The molecule has 20 heavy (non-hydrogen) atoms. The topological polar surface area (TPSA) is 111 Å². The van der Waals surface area contributed by atoms with Crippen molar-refractivity contribution in [2.24, 2.45) is 0 Å². The molecule has 0 aliphatic heterocycles. The second kappa shape index (κ2) is 7.41. The summed E-state index contributed by atoms with van der Waals surface area (Å²) in [7, 11) is 0. The molecule has 10 heteroatoms. The van der Waals surface area contributed by atoms with Gasteiger partial charge in [0.05, 0.1) is 5.02 Å². The van der Waals surface area contributed by atoms with Crippen molar-refractivity contribution in [2.75, 3.05) is 0 Å². The molecule has 0 aliphatic carbocycles. The van der Waals surface area contributed by atoms with Gasteiger partial charge in [-0.25, -0.2) is 9.67 Å². The lowest BCUT2D eigenvalue weighted by Gasteiger charge is -2.03. The van der Waals surface area contributed by atoms with E-state index in [2.05, 4.69) is 10.1 Å². The summed E-state index contributed by atoms with van der Waals surface area (Å²) in [5.41, 5.74) is 0.432. The summed E-state index contributed by atoms with van der Waals surface area (Å²) in [5, 5.41) is 18.3. The van der Waals surface area contributed by atoms with Gasteiger partial charge in [-0.3, -0.25) is 4.79 Å². The standard InChI is InChI=1S/C10H7Cl2N3O.HNO3/c11-7-1-2-8(9(12)3-7)10(16)4-15-6-13-5-14-15;2-1(3)4/h1-3,5-6H,4H2;(H,2,3,4). The summed E-state index contributed by atoms with van der Waals surface area (Å²) < 4.78 is 1.44. The first-order valence-electron chi connectivity index (χ1n) is 5.04. The molecule has 0 amide bonds. The fraction of sp³-hybridized carbons (Fsp3) is 0.100. The zero-order valence-corrected chi connectivity index (χ0v) is 11.3. The van der Waals surface area contributed by atoms with Crippen LogP contribution in [0.2, 0.25) is 10.0 Å². The van der Waals surface area contributed by atoms with Crippen LogP contribution in [0, 0.1) is 10.1 Å². The van der Waals surface area contributed by atoms with Gasteiger partial charge in [0, 0.05) is 10.6 Å². The van der Waals surface area contributed by atoms with Crippen molar-refractivity contribution in [2.45, 2.75) is 6.54 Å². The van der Waals surface area contributed by atoms with Crippen LogP contribution in [0.1, 0.15) is 10.4 Å². The predicted molar refractivity (Wildman–Crippen MR) is 69.6 cm³/mol. The minimum Gasteiger partial charge on any atom is -0.328 e. The molecule has 0 bridgehead atoms. The summed E-state index contributed by atoms with van der Waals surface area (Å²) >= 11 is 11.7. The highest BCUT2D eigenvalue weighted by Crippen LogP contribution is 2.21. The minimum absolute atomic E-state index is 0.112. The van der Waals surface area contributed by atoms with Gasteiger partial charge >= 0.3 is 0 Å². The van der Waals surface area contributed by atoms with E-state index in [4.69, 9.17) is 38.5 Å². The quantitative estimate of drug-likeness (QED) is 0.527. The molecule has 2 rings (SSSR count). The highest BCUT2D eigenvalue weighted by molar-refractivity contribution is 6.36. The molecular formula is C10H8Cl2N4O4. The van der Waals surface area contributed by atoms with Crippen molar-refractivity contribution < 1.29 is 15.1 Å². The Balaban J connectivity index is 0.000000444. The zero-order valence-electron chi connectivity index (χ0n) is 9.81. The van der Waals surface area contributed by atoms with Gasteiger partial charge in [-0.15, -0.1) is 10.1 Å². The van der Waals surface area contributed by atoms with E-state index in [0.717, 1.165) is 0 Å². The van der Waals surface area contributed by atoms with E-state index in [1.165, 1.54) is 23.4 Å². The van der Waals surface area contributed by atoms with E-state index in [-0.39, 0.29) is 12.3 Å². The van der Waals surface area contributed by atoms with Gasteiger partial charge in [0.15, 0.2) is 5.78 Å². The van der Waals surface area contributed by atoms with Gasteiger partial charge in [-0.05, 0) is 18.2 Å². The van der Waals surface area contributed by atoms with Gasteiger partial charge in [0.25, 0.3) is 5.09 Å². The second-order valence-corrected chi connectivity index (χ2v) is 4.22. The first-order valence-corrected chi connectivity index (χ1v) is 5.79. The van der Waals surface area contributed by atoms with Gasteiger partial charge < -0.3 is 5.21 Å². The number of aromatic nitrogens is 3. The molecule has 1 aromatic heterocycles. The fourth-order valence-corrected chi connectivity index (χ4v) is 1.78. The van der Waals surface area contributed by atoms with E-state index in [1.807, 2.05) is 0 Å². The molecule has 0 fully saturated rings. The molecule has 0 unspecified atom stereocenters. The number of hydrogen-bond acceptors (Lipinski definition) is 5. The largest absolute Gasteiger partial charge is 0.328 e. The maximum atomic E-state index is 11.8. The summed E-state index contributed by atoms with van der Waals surface area (Å²) in [6.07, 6.45) is 2.85. The van der Waals surface area contributed by atoms with Crippen molar-refractivity contribution in [3.8, 4) is 0 Å². The van der Waals surface area contributed by atoms with Crippen molar-refractivity contribution in [1.82, 2.24) is 14.8 Å². The van der Waals surface area contributed by atoms with E-state index in [1.54, 1.807) is 12.1 Å². The molecule has 0 atom stereocenters. The van der Waals surface area contributed by atoms with Crippen LogP contribution < -0.4 is 0 Å². The van der Waals surface area contributed by atoms with Crippen LogP contribution in [0.25, 0.3) is 0 Å². The summed E-state index contributed by atoms with van der Waals surface area (Å²) in [4.78, 5) is 23.9. The van der Waals surface area contributed by atoms with E-state index in [9.17, 15) is 4.79 Å². The van der Waals surface area contributed by atoms with Crippen molar-refractivity contribution in [1.29, 1.82) is 0 Å². The third kappa shape index (κ3) is 5.21. The fourth-order valence-electron chi connectivity index (χ4n) is 1.26. The lowest BCUT2D eigenvalue weighted by Crippen LogP contribution is -2.11. The third-order valence-corrected chi connectivity index (χ3v) is 2.55. The second-order valence-electron chi connectivity index (χ2n) is 3.38. The minimum atomic E-state index is -1.50. The Bertz CT molecular complexity index is 599. The van der Waals surface area contributed by atoms with Crippen LogP contribution in [0.3, 0.4) is 0 Å². The van der Waals surface area contributed by atoms with E-state index < -0.39 is 5.09 Å². The average molecular weight is 319 g/mol. The maximum Gasteiger partial charge on any atom is 0.291 e. The van der Waals surface area contributed by atoms with Crippen molar-refractivity contribution in [3.63, 3.8) is 0 Å². The van der Waals surface area contributed by atoms with E-state index in [0.29, 0.717) is 15.6 Å². The van der Waals surface area contributed by atoms with Crippen LogP contribution in [-0.2, 0) is 6.54 Å². The number of ketones is 1. The smallest absolute Gasteiger partial charge is 0.291 e. The molecule has 1 aromatic carbocycles. The Labute approximate surface area is 122 Å². The first kappa shape index (κ1) is 15.9. The molecule has 1 heterocycles. The summed E-state index contributed by atoms with van der Waals surface area (Å²) in [5.74, 6) is -0.132. The van der Waals surface area contributed by atoms with E-state index >= 15 is 0 Å². The number of halogens is 2. The molecule has 106 valence electrons. The van der Waals surface area contributed by atoms with Crippen LogP contribution in [-0.4, -0.2) is 30.8 Å². The number of benzene rings is 1. The molecule has 0 saturated heterocycles. The van der Waals surface area contributed by atoms with Crippen LogP contribution in [0.4, 0.5) is 0 Å². The van der Waals surface area contributed by atoms with Gasteiger partial charge in [-0.2, -0.15) is 5.10 Å². The zero-order chi connectivity index (χ0) is 15.1. The summed E-state index contributed by atoms with van der Waals surface area (Å²) in [6.45, 7) is 0.112. The monoisotopic (exact) mass is 318 g/mol. The van der Waals surface area contributed by atoms with Crippen LogP contribution >= 0.6 is 23.2 Å². The summed E-state index contributed by atoms with van der Waals surface area (Å²) in [6, 6.07) is 4.77. The lowest BCUT2D eigenvalue weighted by molar-refractivity contribution is -0.742. The number of nitrogens with zero attached hydrogens (tertiary/aromatic N) is 4. The Hall–Kier alpha value is -2.19. The molecule has 0 spiro atoms. The molecule has 2 aromatic rings. The van der Waals surface area contributed by atoms with Crippen LogP contribution in [0.5, 0.6) is 0 Å². The normalized spacial score (nSPS) is 9.50. The Kier molecular flexibility index (Phi) is 5.88. The number of rotatable bonds is 3. The molecule has 0 aliphatic rings. The Morgan fingerprint density at radius 1 is 1.45 bits per heavy atom. The van der Waals surface area contributed by atoms with Crippen molar-refractivity contribution in [3.05, 3.63) is 56.6 Å². The highest BCUT2D eigenvalue weighted by atomic mass is 35.5. The average Bonchev–Trinajstić information content (AvgIpc) is 2.80. The number of carbonyl (C=O) groups is 1. The Morgan fingerprint density at radius 2 is 2.10 bits per heavy atom. The molecule has 0 saturated carbocycles.